The first kappa shape index (κ1) is 7.76. The fourth-order valence-corrected chi connectivity index (χ4v) is 1.80. The monoisotopic (exact) mass is 133 g/mol. The van der Waals surface area contributed by atoms with E-state index in [0.717, 1.165) is 0 Å². The van der Waals surface area contributed by atoms with Crippen molar-refractivity contribution in [1.29, 1.82) is 0 Å². The van der Waals surface area contributed by atoms with E-state index < -0.39 is 0 Å². The molecule has 0 N–H and O–H groups in total. The maximum atomic E-state index is 2.17. The molecule has 0 aromatic carbocycles. The molecule has 1 radical (unpaired) electrons. The molecule has 0 amide bonds. The molecule has 0 fully saturated rings. The van der Waals surface area contributed by atoms with Gasteiger partial charge < -0.3 is 0 Å². The molecule has 0 aromatic rings. The van der Waals surface area contributed by atoms with Crippen molar-refractivity contribution in [3.63, 3.8) is 0 Å². The van der Waals surface area contributed by atoms with E-state index in [1.165, 1.54) is 11.4 Å². The Kier molecular flexibility index (Phi) is 7.50. The molecule has 0 unspecified atom stereocenters. The number of hydrogen-bond donors (Lipinski definition) is 0. The van der Waals surface area contributed by atoms with Crippen LogP contribution in [0.5, 0.6) is 0 Å². The van der Waals surface area contributed by atoms with Gasteiger partial charge in [0.1, 0.15) is 7.28 Å². The van der Waals surface area contributed by atoms with Gasteiger partial charge in [-0.2, -0.15) is 0 Å². The quantitative estimate of drug-likeness (QED) is 0.327. The van der Waals surface area contributed by atoms with Crippen molar-refractivity contribution in [2.45, 2.75) is 13.7 Å². The van der Waals surface area contributed by atoms with Crippen LogP contribution in [0, 0.1) is 0 Å². The Labute approximate surface area is 54.5 Å². The minimum absolute atomic E-state index is 1.18. The summed E-state index contributed by atoms with van der Waals surface area (Å²) in [6.07, 6.45) is 0. The van der Waals surface area contributed by atoms with Gasteiger partial charge in [0.25, 0.3) is 0 Å². The van der Waals surface area contributed by atoms with Crippen LogP contribution >= 0.6 is 21.6 Å². The molecule has 0 saturated heterocycles. The third kappa shape index (κ3) is 6.76. The smallest absolute Gasteiger partial charge is 0.103 e. The van der Waals surface area contributed by atoms with E-state index in [9.17, 15) is 0 Å². The van der Waals surface area contributed by atoms with Crippen LogP contribution in [-0.2, 0) is 0 Å². The van der Waals surface area contributed by atoms with E-state index in [1.807, 2.05) is 21.6 Å². The minimum atomic E-state index is 1.18. The minimum Gasteiger partial charge on any atom is -0.103 e. The molecule has 0 rings (SSSR count). The summed E-state index contributed by atoms with van der Waals surface area (Å²) in [6, 6.07) is 0. The highest BCUT2D eigenvalue weighted by atomic mass is 33.1. The van der Waals surface area contributed by atoms with E-state index in [4.69, 9.17) is 0 Å². The van der Waals surface area contributed by atoms with Gasteiger partial charge in [-0.1, -0.05) is 24.5 Å². The molecule has 3 heteroatoms. The average Bonchev–Trinajstić information content (AvgIpc) is 1.69. The van der Waals surface area contributed by atoms with Crippen LogP contribution in [0.25, 0.3) is 0 Å². The zero-order valence-corrected chi connectivity index (χ0v) is 6.44. The summed E-state index contributed by atoms with van der Waals surface area (Å²) < 4.78 is 0. The Morgan fingerprint density at radius 1 is 1.43 bits per heavy atom. The first-order valence-electron chi connectivity index (χ1n) is 2.44. The predicted octanol–water partition coefficient (Wildman–Crippen LogP) is 2.10. The molecule has 0 bridgehead atoms. The lowest BCUT2D eigenvalue weighted by atomic mass is 9.87. The van der Waals surface area contributed by atoms with Crippen molar-refractivity contribution >= 4 is 28.9 Å². The summed E-state index contributed by atoms with van der Waals surface area (Å²) in [5, 5.41) is 0. The van der Waals surface area contributed by atoms with E-state index in [0.29, 0.717) is 0 Å². The van der Waals surface area contributed by atoms with Crippen LogP contribution in [0.15, 0.2) is 0 Å². The highest BCUT2D eigenvalue weighted by molar-refractivity contribution is 8.77. The standard InChI is InChI=1S/C4H10BS2/c1-3-6-7-4-5-2/h3-4H2,1-2H3. The summed E-state index contributed by atoms with van der Waals surface area (Å²) in [5.41, 5.74) is 1.18. The van der Waals surface area contributed by atoms with Crippen LogP contribution in [0.1, 0.15) is 6.92 Å². The van der Waals surface area contributed by atoms with Crippen molar-refractivity contribution in [2.24, 2.45) is 0 Å². The second-order valence-electron chi connectivity index (χ2n) is 1.10. The van der Waals surface area contributed by atoms with Gasteiger partial charge in [0.05, 0.1) is 0 Å². The Morgan fingerprint density at radius 3 is 2.57 bits per heavy atom. The highest BCUT2D eigenvalue weighted by Crippen LogP contribution is 2.18. The lowest BCUT2D eigenvalue weighted by molar-refractivity contribution is 1.54. The van der Waals surface area contributed by atoms with Crippen molar-refractivity contribution < 1.29 is 0 Å². The van der Waals surface area contributed by atoms with Crippen LogP contribution < -0.4 is 0 Å². The van der Waals surface area contributed by atoms with Crippen molar-refractivity contribution in [3.8, 4) is 0 Å². The van der Waals surface area contributed by atoms with Gasteiger partial charge in [-0.25, -0.2) is 0 Å². The third-order valence-corrected chi connectivity index (χ3v) is 2.92. The van der Waals surface area contributed by atoms with Crippen molar-refractivity contribution in [1.82, 2.24) is 0 Å². The molecule has 0 nitrogen and oxygen atoms in total. The maximum absolute atomic E-state index is 2.17. The molecule has 0 aliphatic heterocycles. The van der Waals surface area contributed by atoms with E-state index in [2.05, 4.69) is 21.0 Å². The first-order valence-corrected chi connectivity index (χ1v) is 4.92. The van der Waals surface area contributed by atoms with Gasteiger partial charge in [-0.15, -0.1) is 10.8 Å². The molecule has 41 valence electrons. The van der Waals surface area contributed by atoms with E-state index in [-0.39, 0.29) is 0 Å². The van der Waals surface area contributed by atoms with Crippen molar-refractivity contribution in [3.05, 3.63) is 0 Å². The fourth-order valence-electron chi connectivity index (χ4n) is 0.199. The molecule has 0 aliphatic carbocycles. The van der Waals surface area contributed by atoms with E-state index in [1.54, 1.807) is 0 Å². The maximum Gasteiger partial charge on any atom is 0.120 e. The molecule has 0 spiro atoms. The Morgan fingerprint density at radius 2 is 2.14 bits per heavy atom. The third-order valence-electron chi connectivity index (χ3n) is 0.436. The number of hydrogen-bond acceptors (Lipinski definition) is 2. The molecule has 0 aromatic heterocycles. The predicted molar refractivity (Wildman–Crippen MR) is 42.2 cm³/mol. The summed E-state index contributed by atoms with van der Waals surface area (Å²) >= 11 is 0. The lowest BCUT2D eigenvalue weighted by Crippen LogP contribution is -1.81. The summed E-state index contributed by atoms with van der Waals surface area (Å²) in [5.74, 6) is 1.22. The average molecular weight is 133 g/mol. The molecule has 7 heavy (non-hydrogen) atoms. The molecule has 0 atom stereocenters. The first-order chi connectivity index (χ1) is 3.41. The van der Waals surface area contributed by atoms with Gasteiger partial charge in [0, 0.05) is 5.75 Å². The molecule has 0 saturated carbocycles. The molecular weight excluding hydrogens is 123 g/mol. The van der Waals surface area contributed by atoms with Gasteiger partial charge in [0.2, 0.25) is 0 Å². The Bertz CT molecular complexity index is 28.9. The largest absolute Gasteiger partial charge is 0.120 e. The molecular formula is C4H10BS2. The summed E-state index contributed by atoms with van der Waals surface area (Å²) in [6.45, 7) is 4.26. The van der Waals surface area contributed by atoms with Crippen LogP contribution in [-0.4, -0.2) is 18.7 Å². The van der Waals surface area contributed by atoms with Gasteiger partial charge in [0.15, 0.2) is 0 Å². The Hall–Kier alpha value is 0.765. The van der Waals surface area contributed by atoms with Gasteiger partial charge >= 0.3 is 0 Å². The normalized spacial score (nSPS) is 8.86. The number of rotatable bonds is 4. The van der Waals surface area contributed by atoms with Crippen LogP contribution in [0.2, 0.25) is 6.82 Å². The summed E-state index contributed by atoms with van der Waals surface area (Å²) in [4.78, 5) is 0. The lowest BCUT2D eigenvalue weighted by Gasteiger charge is -1.89. The molecule has 0 aliphatic rings. The zero-order valence-electron chi connectivity index (χ0n) is 4.81. The highest BCUT2D eigenvalue weighted by Gasteiger charge is 1.81. The second kappa shape index (κ2) is 6.76. The van der Waals surface area contributed by atoms with Crippen molar-refractivity contribution in [2.75, 3.05) is 11.4 Å². The zero-order chi connectivity index (χ0) is 5.54. The van der Waals surface area contributed by atoms with Gasteiger partial charge in [-0.05, 0) is 5.65 Å². The SMILES string of the molecule is C[B]CSSCC. The van der Waals surface area contributed by atoms with Crippen LogP contribution in [0.4, 0.5) is 0 Å². The second-order valence-corrected chi connectivity index (χ2v) is 3.90. The van der Waals surface area contributed by atoms with E-state index >= 15 is 0 Å². The summed E-state index contributed by atoms with van der Waals surface area (Å²) in [7, 11) is 6.01. The topological polar surface area (TPSA) is 0 Å². The molecule has 0 heterocycles. The van der Waals surface area contributed by atoms with Crippen LogP contribution in [0.3, 0.4) is 0 Å². The van der Waals surface area contributed by atoms with Gasteiger partial charge in [-0.3, -0.25) is 0 Å². The Balaban J connectivity index is 2.45. The fraction of sp³-hybridized carbons (Fsp3) is 1.00.